The Labute approximate surface area is 120 Å². The van der Waals surface area contributed by atoms with Crippen LogP contribution in [-0.4, -0.2) is 35.8 Å². The lowest BCUT2D eigenvalue weighted by atomic mass is 10.2. The van der Waals surface area contributed by atoms with Crippen LogP contribution in [0, 0.1) is 6.92 Å². The molecule has 0 amide bonds. The van der Waals surface area contributed by atoms with Crippen molar-refractivity contribution in [3.05, 3.63) is 16.5 Å². The van der Waals surface area contributed by atoms with Crippen molar-refractivity contribution in [1.29, 1.82) is 0 Å². The predicted molar refractivity (Wildman–Crippen MR) is 78.0 cm³/mol. The third-order valence-corrected chi connectivity index (χ3v) is 3.92. The van der Waals surface area contributed by atoms with Gasteiger partial charge in [0.15, 0.2) is 0 Å². The zero-order valence-corrected chi connectivity index (χ0v) is 12.7. The van der Waals surface area contributed by atoms with Crippen molar-refractivity contribution in [3.63, 3.8) is 0 Å². The SMILES string of the molecule is CCc1nc(Cl)c(C)c(N(CC)CC2CCCO2)n1. The summed E-state index contributed by atoms with van der Waals surface area (Å²) in [5.74, 6) is 1.76. The summed E-state index contributed by atoms with van der Waals surface area (Å²) in [6.07, 6.45) is 3.41. The van der Waals surface area contributed by atoms with E-state index in [0.29, 0.717) is 11.3 Å². The molecule has 1 saturated heterocycles. The Morgan fingerprint density at radius 2 is 2.16 bits per heavy atom. The van der Waals surface area contributed by atoms with Gasteiger partial charge >= 0.3 is 0 Å². The van der Waals surface area contributed by atoms with Gasteiger partial charge in [0.25, 0.3) is 0 Å². The first-order valence-electron chi connectivity index (χ1n) is 7.05. The summed E-state index contributed by atoms with van der Waals surface area (Å²) in [5.41, 5.74) is 0.957. The standard InChI is InChI=1S/C14H22ClN3O/c1-4-12-16-13(15)10(3)14(17-12)18(5-2)9-11-7-6-8-19-11/h11H,4-9H2,1-3H3. The Morgan fingerprint density at radius 1 is 1.37 bits per heavy atom. The quantitative estimate of drug-likeness (QED) is 0.779. The number of hydrogen-bond donors (Lipinski definition) is 0. The maximum Gasteiger partial charge on any atom is 0.137 e. The molecule has 0 aromatic carbocycles. The normalized spacial score (nSPS) is 18.8. The second kappa shape index (κ2) is 6.53. The molecule has 5 heteroatoms. The van der Waals surface area contributed by atoms with Crippen LogP contribution in [0.15, 0.2) is 0 Å². The molecule has 1 atom stereocenters. The van der Waals surface area contributed by atoms with Crippen LogP contribution in [0.3, 0.4) is 0 Å². The van der Waals surface area contributed by atoms with Crippen molar-refractivity contribution in [2.24, 2.45) is 0 Å². The topological polar surface area (TPSA) is 38.2 Å². The summed E-state index contributed by atoms with van der Waals surface area (Å²) in [4.78, 5) is 11.2. The molecule has 0 saturated carbocycles. The summed E-state index contributed by atoms with van der Waals surface area (Å²) in [5, 5.41) is 0.563. The van der Waals surface area contributed by atoms with Crippen LogP contribution < -0.4 is 4.90 Å². The smallest absolute Gasteiger partial charge is 0.137 e. The summed E-state index contributed by atoms with van der Waals surface area (Å²) in [6.45, 7) is 8.82. The molecule has 106 valence electrons. The van der Waals surface area contributed by atoms with Gasteiger partial charge in [0.05, 0.1) is 6.10 Å². The lowest BCUT2D eigenvalue weighted by Gasteiger charge is -2.26. The second-order valence-electron chi connectivity index (χ2n) is 4.91. The molecular weight excluding hydrogens is 262 g/mol. The van der Waals surface area contributed by atoms with Gasteiger partial charge in [-0.3, -0.25) is 0 Å². The van der Waals surface area contributed by atoms with Crippen LogP contribution in [0.1, 0.15) is 38.1 Å². The zero-order valence-electron chi connectivity index (χ0n) is 11.9. The molecule has 0 radical (unpaired) electrons. The lowest BCUT2D eigenvalue weighted by molar-refractivity contribution is 0.115. The number of likely N-dealkylation sites (N-methyl/N-ethyl adjacent to an activating group) is 1. The van der Waals surface area contributed by atoms with E-state index in [1.807, 2.05) is 13.8 Å². The van der Waals surface area contributed by atoms with Gasteiger partial charge in [-0.2, -0.15) is 0 Å². The minimum atomic E-state index is 0.318. The number of aryl methyl sites for hydroxylation is 1. The Hall–Kier alpha value is -0.870. The molecule has 0 spiro atoms. The Balaban J connectivity index is 2.23. The van der Waals surface area contributed by atoms with Gasteiger partial charge in [0.1, 0.15) is 16.8 Å². The molecule has 1 unspecified atom stereocenters. The van der Waals surface area contributed by atoms with Crippen LogP contribution >= 0.6 is 11.6 Å². The molecule has 0 bridgehead atoms. The number of ether oxygens (including phenoxy) is 1. The van der Waals surface area contributed by atoms with Crippen molar-refractivity contribution >= 4 is 17.4 Å². The van der Waals surface area contributed by atoms with E-state index in [1.54, 1.807) is 0 Å². The molecule has 1 aliphatic heterocycles. The monoisotopic (exact) mass is 283 g/mol. The van der Waals surface area contributed by atoms with E-state index in [-0.39, 0.29) is 0 Å². The maximum atomic E-state index is 6.21. The van der Waals surface area contributed by atoms with E-state index in [0.717, 1.165) is 56.2 Å². The van der Waals surface area contributed by atoms with Crippen molar-refractivity contribution in [3.8, 4) is 0 Å². The van der Waals surface area contributed by atoms with Crippen LogP contribution in [0.5, 0.6) is 0 Å². The maximum absolute atomic E-state index is 6.21. The van der Waals surface area contributed by atoms with Crippen molar-refractivity contribution in [1.82, 2.24) is 9.97 Å². The van der Waals surface area contributed by atoms with E-state index >= 15 is 0 Å². The fourth-order valence-corrected chi connectivity index (χ4v) is 2.57. The molecule has 2 rings (SSSR count). The Bertz CT molecular complexity index is 433. The first kappa shape index (κ1) is 14.5. The molecule has 4 nitrogen and oxygen atoms in total. The molecule has 1 fully saturated rings. The highest BCUT2D eigenvalue weighted by atomic mass is 35.5. The van der Waals surface area contributed by atoms with Crippen molar-refractivity contribution in [2.45, 2.75) is 46.1 Å². The van der Waals surface area contributed by atoms with Crippen LogP contribution in [0.25, 0.3) is 0 Å². The number of rotatable bonds is 5. The van der Waals surface area contributed by atoms with E-state index in [9.17, 15) is 0 Å². The predicted octanol–water partition coefficient (Wildman–Crippen LogP) is 3.01. The lowest BCUT2D eigenvalue weighted by Crippen LogP contribution is -2.33. The molecule has 1 aromatic rings. The van der Waals surface area contributed by atoms with Gasteiger partial charge in [-0.15, -0.1) is 0 Å². The average Bonchev–Trinajstić information content (AvgIpc) is 2.92. The molecule has 1 aromatic heterocycles. The Kier molecular flexibility index (Phi) is 4.99. The second-order valence-corrected chi connectivity index (χ2v) is 5.26. The van der Waals surface area contributed by atoms with Crippen LogP contribution in [-0.2, 0) is 11.2 Å². The van der Waals surface area contributed by atoms with Crippen molar-refractivity contribution < 1.29 is 4.74 Å². The molecule has 2 heterocycles. The van der Waals surface area contributed by atoms with Gasteiger partial charge in [0.2, 0.25) is 0 Å². The number of halogens is 1. The largest absolute Gasteiger partial charge is 0.376 e. The molecule has 0 aliphatic carbocycles. The average molecular weight is 284 g/mol. The van der Waals surface area contributed by atoms with Gasteiger partial charge in [0, 0.05) is 31.7 Å². The summed E-state index contributed by atoms with van der Waals surface area (Å²) in [7, 11) is 0. The van der Waals surface area contributed by atoms with E-state index in [1.165, 1.54) is 0 Å². The third kappa shape index (κ3) is 3.37. The molecule has 1 aliphatic rings. The van der Waals surface area contributed by atoms with Gasteiger partial charge < -0.3 is 9.64 Å². The summed E-state index contributed by atoms with van der Waals surface area (Å²) >= 11 is 6.21. The van der Waals surface area contributed by atoms with Gasteiger partial charge in [-0.25, -0.2) is 9.97 Å². The van der Waals surface area contributed by atoms with E-state index in [2.05, 4.69) is 21.8 Å². The molecule has 0 N–H and O–H groups in total. The fraction of sp³-hybridized carbons (Fsp3) is 0.714. The van der Waals surface area contributed by atoms with Crippen LogP contribution in [0.2, 0.25) is 5.15 Å². The van der Waals surface area contributed by atoms with Crippen LogP contribution in [0.4, 0.5) is 5.82 Å². The summed E-state index contributed by atoms with van der Waals surface area (Å²) < 4.78 is 5.72. The number of anilines is 1. The number of hydrogen-bond acceptors (Lipinski definition) is 4. The highest BCUT2D eigenvalue weighted by molar-refractivity contribution is 6.30. The number of aromatic nitrogens is 2. The summed E-state index contributed by atoms with van der Waals surface area (Å²) in [6, 6.07) is 0. The zero-order chi connectivity index (χ0) is 13.8. The van der Waals surface area contributed by atoms with Gasteiger partial charge in [-0.1, -0.05) is 18.5 Å². The minimum absolute atomic E-state index is 0.318. The highest BCUT2D eigenvalue weighted by Crippen LogP contribution is 2.25. The highest BCUT2D eigenvalue weighted by Gasteiger charge is 2.21. The minimum Gasteiger partial charge on any atom is -0.376 e. The Morgan fingerprint density at radius 3 is 2.74 bits per heavy atom. The first-order valence-corrected chi connectivity index (χ1v) is 7.43. The third-order valence-electron chi connectivity index (χ3n) is 3.55. The first-order chi connectivity index (χ1) is 9.15. The van der Waals surface area contributed by atoms with Crippen molar-refractivity contribution in [2.75, 3.05) is 24.6 Å². The fourth-order valence-electron chi connectivity index (χ4n) is 2.39. The molecular formula is C14H22ClN3O. The van der Waals surface area contributed by atoms with E-state index < -0.39 is 0 Å². The molecule has 19 heavy (non-hydrogen) atoms. The number of nitrogens with zero attached hydrogens (tertiary/aromatic N) is 3. The van der Waals surface area contributed by atoms with E-state index in [4.69, 9.17) is 16.3 Å². The van der Waals surface area contributed by atoms with Gasteiger partial charge in [-0.05, 0) is 26.7 Å².